The number of thiazole rings is 1. The highest BCUT2D eigenvalue weighted by Gasteiger charge is 2.29. The molecule has 0 N–H and O–H groups in total. The lowest BCUT2D eigenvalue weighted by atomic mass is 10.2. The maximum absolute atomic E-state index is 12.3. The van der Waals surface area contributed by atoms with Crippen molar-refractivity contribution < 1.29 is 22.7 Å². The van der Waals surface area contributed by atoms with Crippen LogP contribution in [0.1, 0.15) is 15.4 Å². The summed E-state index contributed by atoms with van der Waals surface area (Å²) in [5.74, 6) is -0.472. The van der Waals surface area contributed by atoms with Crippen LogP contribution >= 0.6 is 23.1 Å². The molecule has 2 rings (SSSR count). The Labute approximate surface area is 127 Å². The SMILES string of the molecule is COC(=O)c1sc(-c2ccc(SC(F)(F)F)cc2)nc1C. The van der Waals surface area contributed by atoms with Crippen LogP contribution in [-0.2, 0) is 4.74 Å². The highest BCUT2D eigenvalue weighted by atomic mass is 32.2. The van der Waals surface area contributed by atoms with Crippen molar-refractivity contribution in [1.29, 1.82) is 0 Å². The van der Waals surface area contributed by atoms with Crippen LogP contribution in [0.2, 0.25) is 0 Å². The largest absolute Gasteiger partial charge is 0.465 e. The summed E-state index contributed by atoms with van der Waals surface area (Å²) in [6.07, 6.45) is 0. The van der Waals surface area contributed by atoms with Gasteiger partial charge in [0, 0.05) is 10.5 Å². The predicted molar refractivity (Wildman–Crippen MR) is 75.5 cm³/mol. The smallest absolute Gasteiger partial charge is 0.446 e. The zero-order valence-corrected chi connectivity index (χ0v) is 12.7. The number of thioether (sulfide) groups is 1. The average molecular weight is 333 g/mol. The van der Waals surface area contributed by atoms with Crippen molar-refractivity contribution in [2.45, 2.75) is 17.3 Å². The third-order valence-corrected chi connectivity index (χ3v) is 4.43. The number of halogens is 3. The average Bonchev–Trinajstić information content (AvgIpc) is 2.79. The zero-order valence-electron chi connectivity index (χ0n) is 11.0. The molecule has 21 heavy (non-hydrogen) atoms. The van der Waals surface area contributed by atoms with E-state index in [0.717, 1.165) is 11.3 Å². The molecule has 0 aliphatic heterocycles. The lowest BCUT2D eigenvalue weighted by Crippen LogP contribution is -1.99. The lowest BCUT2D eigenvalue weighted by Gasteiger charge is -2.05. The van der Waals surface area contributed by atoms with Gasteiger partial charge in [0.2, 0.25) is 0 Å². The first-order valence-corrected chi connectivity index (χ1v) is 7.35. The number of rotatable bonds is 3. The van der Waals surface area contributed by atoms with Gasteiger partial charge in [0.25, 0.3) is 0 Å². The van der Waals surface area contributed by atoms with Gasteiger partial charge in [-0.05, 0) is 30.8 Å². The molecule has 0 unspecified atom stereocenters. The van der Waals surface area contributed by atoms with Crippen molar-refractivity contribution in [3.8, 4) is 10.6 Å². The van der Waals surface area contributed by atoms with Crippen LogP contribution in [-0.4, -0.2) is 23.6 Å². The van der Waals surface area contributed by atoms with E-state index in [1.165, 1.54) is 19.2 Å². The molecule has 0 radical (unpaired) electrons. The molecule has 0 bridgehead atoms. The second kappa shape index (κ2) is 6.07. The number of methoxy groups -OCH3 is 1. The molecule has 0 spiro atoms. The summed E-state index contributed by atoms with van der Waals surface area (Å²) in [7, 11) is 1.28. The first kappa shape index (κ1) is 15.8. The molecule has 0 aliphatic rings. The minimum atomic E-state index is -4.31. The van der Waals surface area contributed by atoms with Gasteiger partial charge in [-0.25, -0.2) is 9.78 Å². The quantitative estimate of drug-likeness (QED) is 0.612. The van der Waals surface area contributed by atoms with E-state index in [1.807, 2.05) is 0 Å². The Balaban J connectivity index is 2.25. The third kappa shape index (κ3) is 3.98. The molecule has 0 amide bonds. The summed E-state index contributed by atoms with van der Waals surface area (Å²) in [5.41, 5.74) is -3.11. The molecule has 0 saturated carbocycles. The molecule has 1 aromatic heterocycles. The molecule has 112 valence electrons. The Bertz CT molecular complexity index is 650. The number of esters is 1. The number of aryl methyl sites for hydroxylation is 1. The van der Waals surface area contributed by atoms with Crippen LogP contribution in [0.3, 0.4) is 0 Å². The maximum atomic E-state index is 12.3. The van der Waals surface area contributed by atoms with Crippen LogP contribution < -0.4 is 0 Å². The number of benzene rings is 1. The number of aromatic nitrogens is 1. The number of hydrogen-bond acceptors (Lipinski definition) is 5. The minimum Gasteiger partial charge on any atom is -0.465 e. The van der Waals surface area contributed by atoms with E-state index in [9.17, 15) is 18.0 Å². The Morgan fingerprint density at radius 1 is 1.29 bits per heavy atom. The van der Waals surface area contributed by atoms with E-state index in [1.54, 1.807) is 19.1 Å². The predicted octanol–water partition coefficient (Wildman–Crippen LogP) is 4.52. The topological polar surface area (TPSA) is 39.2 Å². The van der Waals surface area contributed by atoms with Gasteiger partial charge < -0.3 is 4.74 Å². The normalized spacial score (nSPS) is 11.5. The number of nitrogens with zero attached hydrogens (tertiary/aromatic N) is 1. The highest BCUT2D eigenvalue weighted by molar-refractivity contribution is 8.00. The maximum Gasteiger partial charge on any atom is 0.446 e. The van der Waals surface area contributed by atoms with E-state index in [0.29, 0.717) is 21.1 Å². The van der Waals surface area contributed by atoms with Gasteiger partial charge in [-0.2, -0.15) is 13.2 Å². The summed E-state index contributed by atoms with van der Waals surface area (Å²) < 4.78 is 41.4. The summed E-state index contributed by atoms with van der Waals surface area (Å²) >= 11 is 0.980. The van der Waals surface area contributed by atoms with Crippen LogP contribution in [0.4, 0.5) is 13.2 Å². The molecule has 0 aliphatic carbocycles. The van der Waals surface area contributed by atoms with Gasteiger partial charge in [-0.1, -0.05) is 12.1 Å². The fourth-order valence-electron chi connectivity index (χ4n) is 1.60. The summed E-state index contributed by atoms with van der Waals surface area (Å²) in [4.78, 5) is 16.2. The van der Waals surface area contributed by atoms with Crippen molar-refractivity contribution in [3.05, 3.63) is 34.8 Å². The number of carbonyl (C=O) groups excluding carboxylic acids is 1. The molecule has 1 heterocycles. The second-order valence-electron chi connectivity index (χ2n) is 4.00. The monoisotopic (exact) mass is 333 g/mol. The molecule has 1 aromatic carbocycles. The van der Waals surface area contributed by atoms with Gasteiger partial charge in [-0.15, -0.1) is 11.3 Å². The van der Waals surface area contributed by atoms with Crippen molar-refractivity contribution >= 4 is 29.1 Å². The van der Waals surface area contributed by atoms with Crippen LogP contribution in [0.25, 0.3) is 10.6 Å². The van der Waals surface area contributed by atoms with Crippen molar-refractivity contribution in [3.63, 3.8) is 0 Å². The second-order valence-corrected chi connectivity index (χ2v) is 6.13. The molecule has 3 nitrogen and oxygen atoms in total. The van der Waals surface area contributed by atoms with Crippen molar-refractivity contribution in [1.82, 2.24) is 4.98 Å². The third-order valence-electron chi connectivity index (χ3n) is 2.50. The summed E-state index contributed by atoms with van der Waals surface area (Å²) in [6.45, 7) is 1.68. The van der Waals surface area contributed by atoms with E-state index < -0.39 is 11.5 Å². The Kier molecular flexibility index (Phi) is 4.58. The fraction of sp³-hybridized carbons (Fsp3) is 0.231. The summed E-state index contributed by atoms with van der Waals surface area (Å²) in [5, 5.41) is 0.566. The molecular formula is C13H10F3NO2S2. The fourth-order valence-corrected chi connectivity index (χ4v) is 3.13. The van der Waals surface area contributed by atoms with Crippen LogP contribution in [0.5, 0.6) is 0 Å². The van der Waals surface area contributed by atoms with Gasteiger partial charge >= 0.3 is 11.5 Å². The van der Waals surface area contributed by atoms with Gasteiger partial charge in [0.1, 0.15) is 9.88 Å². The molecule has 2 aromatic rings. The number of carbonyl (C=O) groups is 1. The highest BCUT2D eigenvalue weighted by Crippen LogP contribution is 2.38. The van der Waals surface area contributed by atoms with Gasteiger partial charge in [0.15, 0.2) is 0 Å². The first-order valence-electron chi connectivity index (χ1n) is 5.72. The molecule has 0 atom stereocenters. The lowest BCUT2D eigenvalue weighted by molar-refractivity contribution is -0.0328. The molecular weight excluding hydrogens is 323 g/mol. The zero-order chi connectivity index (χ0) is 15.6. The van der Waals surface area contributed by atoms with E-state index in [4.69, 9.17) is 0 Å². The summed E-state index contributed by atoms with van der Waals surface area (Å²) in [6, 6.07) is 5.85. The molecule has 0 fully saturated rings. The number of hydrogen-bond donors (Lipinski definition) is 0. The molecule has 0 saturated heterocycles. The Morgan fingerprint density at radius 2 is 1.90 bits per heavy atom. The van der Waals surface area contributed by atoms with Crippen molar-refractivity contribution in [2.75, 3.05) is 7.11 Å². The first-order chi connectivity index (χ1) is 9.80. The van der Waals surface area contributed by atoms with E-state index in [2.05, 4.69) is 9.72 Å². The van der Waals surface area contributed by atoms with E-state index >= 15 is 0 Å². The van der Waals surface area contributed by atoms with Gasteiger partial charge in [-0.3, -0.25) is 0 Å². The number of alkyl halides is 3. The van der Waals surface area contributed by atoms with Crippen LogP contribution in [0, 0.1) is 6.92 Å². The van der Waals surface area contributed by atoms with Gasteiger partial charge in [0.05, 0.1) is 12.8 Å². The standard InChI is InChI=1S/C13H10F3NO2S2/c1-7-10(12(18)19-2)20-11(17-7)8-3-5-9(6-4-8)21-13(14,15)16/h3-6H,1-2H3. The van der Waals surface area contributed by atoms with E-state index in [-0.39, 0.29) is 16.7 Å². The van der Waals surface area contributed by atoms with Crippen LogP contribution in [0.15, 0.2) is 29.2 Å². The molecule has 8 heteroatoms. The minimum absolute atomic E-state index is 0.104. The number of ether oxygens (including phenoxy) is 1. The Morgan fingerprint density at radius 3 is 2.43 bits per heavy atom. The van der Waals surface area contributed by atoms with Crippen molar-refractivity contribution in [2.24, 2.45) is 0 Å². The Hall–Kier alpha value is -1.54.